The zero-order valence-corrected chi connectivity index (χ0v) is 18.8. The molecule has 0 aliphatic carbocycles. The molecule has 1 aromatic heterocycles. The molecule has 0 radical (unpaired) electrons. The Bertz CT molecular complexity index is 861. The molecule has 1 fully saturated rings. The van der Waals surface area contributed by atoms with Crippen molar-refractivity contribution in [2.24, 2.45) is 0 Å². The monoisotopic (exact) mass is 429 g/mol. The first-order valence-electron chi connectivity index (χ1n) is 9.61. The fraction of sp³-hybridized carbons (Fsp3) is 0.684. The Hall–Kier alpha value is -2.07. The molecular weight excluding hydrogens is 398 g/mol. The minimum Gasteiger partial charge on any atom is -0.466 e. The van der Waals surface area contributed by atoms with Gasteiger partial charge in [-0.1, -0.05) is 0 Å². The molecule has 2 rings (SSSR count). The van der Waals surface area contributed by atoms with Gasteiger partial charge in [0.15, 0.2) is 0 Å². The van der Waals surface area contributed by atoms with Gasteiger partial charge in [-0.05, 0) is 41.5 Å². The lowest BCUT2D eigenvalue weighted by Gasteiger charge is -2.35. The average Bonchev–Trinajstić information content (AvgIpc) is 2.84. The highest BCUT2D eigenvalue weighted by Crippen LogP contribution is 2.20. The van der Waals surface area contributed by atoms with E-state index in [0.717, 1.165) is 0 Å². The third kappa shape index (κ3) is 6.46. The van der Waals surface area contributed by atoms with Gasteiger partial charge in [-0.15, -0.1) is 0 Å². The van der Waals surface area contributed by atoms with Crippen molar-refractivity contribution in [2.45, 2.75) is 47.1 Å². The van der Waals surface area contributed by atoms with Gasteiger partial charge in [0.2, 0.25) is 10.0 Å². The molecule has 0 atom stereocenters. The normalized spacial score (nSPS) is 16.0. The minimum atomic E-state index is -3.79. The number of sulfonamides is 1. The summed E-state index contributed by atoms with van der Waals surface area (Å²) in [6.07, 6.45) is -0.363. The Morgan fingerprint density at radius 3 is 2.14 bits per heavy atom. The zero-order valence-electron chi connectivity index (χ0n) is 18.0. The minimum absolute atomic E-state index is 0.208. The quantitative estimate of drug-likeness (QED) is 0.760. The number of carbonyl (C=O) groups is 2. The Balaban J connectivity index is 1.84. The number of nitrogens with one attached hydrogen (secondary N) is 1. The van der Waals surface area contributed by atoms with Gasteiger partial charge in [-0.25, -0.2) is 17.9 Å². The first-order chi connectivity index (χ1) is 13.3. The van der Waals surface area contributed by atoms with Crippen LogP contribution in [0.2, 0.25) is 0 Å². The summed E-state index contributed by atoms with van der Waals surface area (Å²) < 4.78 is 37.5. The van der Waals surface area contributed by atoms with Crippen molar-refractivity contribution in [2.75, 3.05) is 38.5 Å². The number of rotatable bonds is 5. The van der Waals surface area contributed by atoms with E-state index in [-0.39, 0.29) is 24.0 Å². The molecule has 1 saturated heterocycles. The second-order valence-electron chi connectivity index (χ2n) is 8.27. The van der Waals surface area contributed by atoms with Gasteiger partial charge < -0.3 is 14.1 Å². The van der Waals surface area contributed by atoms with Crippen LogP contribution >= 0.6 is 0 Å². The maximum Gasteiger partial charge on any atom is 0.410 e. The molecule has 10 heteroatoms. The molecule has 1 N–H and O–H groups in total. The van der Waals surface area contributed by atoms with Crippen LogP contribution in [0.4, 0.5) is 4.79 Å². The number of carbonyl (C=O) groups excluding carboxylic acids is 2. The van der Waals surface area contributed by atoms with Gasteiger partial charge in [-0.3, -0.25) is 9.69 Å². The van der Waals surface area contributed by atoms with Crippen molar-refractivity contribution in [1.29, 1.82) is 0 Å². The lowest BCUT2D eigenvalue weighted by Crippen LogP contribution is -2.51. The third-order valence-corrected chi connectivity index (χ3v) is 5.95. The predicted octanol–water partition coefficient (Wildman–Crippen LogP) is 1.82. The van der Waals surface area contributed by atoms with Crippen LogP contribution in [0.5, 0.6) is 0 Å². The van der Waals surface area contributed by atoms with Gasteiger partial charge in [0.05, 0.1) is 11.3 Å². The maximum absolute atomic E-state index is 12.4. The summed E-state index contributed by atoms with van der Waals surface area (Å²) in [5, 5.41) is 0. The van der Waals surface area contributed by atoms with E-state index in [1.165, 1.54) is 0 Å². The molecule has 164 valence electrons. The Kier molecular flexibility index (Phi) is 7.00. The third-order valence-electron chi connectivity index (χ3n) is 4.74. The maximum atomic E-state index is 12.4. The highest BCUT2D eigenvalue weighted by Gasteiger charge is 2.27. The summed E-state index contributed by atoms with van der Waals surface area (Å²) in [5.74, 6) is 0.102. The van der Waals surface area contributed by atoms with Crippen LogP contribution in [0.3, 0.4) is 0 Å². The smallest absolute Gasteiger partial charge is 0.410 e. The number of furan rings is 1. The zero-order chi connectivity index (χ0) is 22.0. The van der Waals surface area contributed by atoms with Gasteiger partial charge in [0, 0.05) is 38.3 Å². The Morgan fingerprint density at radius 2 is 1.66 bits per heavy atom. The summed E-state index contributed by atoms with van der Waals surface area (Å²) in [7, 11) is -3.79. The highest BCUT2D eigenvalue weighted by molar-refractivity contribution is 7.90. The standard InChI is InChI=1S/C19H31N3O6S/c1-13-14(2)27-15(3)16(13)17(23)20-29(25,26)12-11-21-7-9-22(10-8-21)18(24)28-19(4,5)6/h7-12H2,1-6H3,(H,20,23). The predicted molar refractivity (Wildman–Crippen MR) is 108 cm³/mol. The summed E-state index contributed by atoms with van der Waals surface area (Å²) in [6.45, 7) is 12.8. The average molecular weight is 430 g/mol. The van der Waals surface area contributed by atoms with Crippen molar-refractivity contribution in [3.63, 3.8) is 0 Å². The molecule has 0 spiro atoms. The van der Waals surface area contributed by atoms with Gasteiger partial charge >= 0.3 is 6.09 Å². The molecular formula is C19H31N3O6S. The van der Waals surface area contributed by atoms with E-state index >= 15 is 0 Å². The summed E-state index contributed by atoms with van der Waals surface area (Å²) in [6, 6.07) is 0. The first kappa shape index (κ1) is 23.2. The Labute approximate surface area is 172 Å². The summed E-state index contributed by atoms with van der Waals surface area (Å²) in [4.78, 5) is 28.0. The molecule has 2 heterocycles. The van der Waals surface area contributed by atoms with Crippen LogP contribution in [-0.2, 0) is 14.8 Å². The molecule has 1 aliphatic rings. The highest BCUT2D eigenvalue weighted by atomic mass is 32.2. The molecule has 0 unspecified atom stereocenters. The van der Waals surface area contributed by atoms with E-state index in [2.05, 4.69) is 4.72 Å². The van der Waals surface area contributed by atoms with Crippen LogP contribution in [0.25, 0.3) is 0 Å². The fourth-order valence-electron chi connectivity index (χ4n) is 3.10. The molecule has 1 aromatic rings. The molecule has 9 nitrogen and oxygen atoms in total. The molecule has 1 aliphatic heterocycles. The van der Waals surface area contributed by atoms with Crippen molar-refractivity contribution < 1.29 is 27.2 Å². The van der Waals surface area contributed by atoms with Crippen molar-refractivity contribution in [3.8, 4) is 0 Å². The molecule has 2 amide bonds. The van der Waals surface area contributed by atoms with E-state index in [4.69, 9.17) is 9.15 Å². The van der Waals surface area contributed by atoms with Crippen LogP contribution in [0, 0.1) is 20.8 Å². The van der Waals surface area contributed by atoms with Crippen LogP contribution < -0.4 is 4.72 Å². The lowest BCUT2D eigenvalue weighted by atomic mass is 10.1. The van der Waals surface area contributed by atoms with Gasteiger partial charge in [-0.2, -0.15) is 0 Å². The van der Waals surface area contributed by atoms with Crippen LogP contribution in [0.15, 0.2) is 4.42 Å². The summed E-state index contributed by atoms with van der Waals surface area (Å²) in [5.41, 5.74) is 0.343. The van der Waals surface area contributed by atoms with E-state index < -0.39 is 21.5 Å². The Morgan fingerprint density at radius 1 is 1.07 bits per heavy atom. The number of piperazine rings is 1. The molecule has 29 heavy (non-hydrogen) atoms. The fourth-order valence-corrected chi connectivity index (χ4v) is 4.09. The number of nitrogens with zero attached hydrogens (tertiary/aromatic N) is 2. The topological polar surface area (TPSA) is 109 Å². The van der Waals surface area contributed by atoms with Crippen LogP contribution in [-0.4, -0.2) is 74.3 Å². The molecule has 0 aromatic carbocycles. The van der Waals surface area contributed by atoms with E-state index in [1.54, 1.807) is 25.7 Å². The van der Waals surface area contributed by atoms with Crippen molar-refractivity contribution in [3.05, 3.63) is 22.6 Å². The molecule has 0 saturated carbocycles. The lowest BCUT2D eigenvalue weighted by molar-refractivity contribution is 0.0149. The van der Waals surface area contributed by atoms with E-state index in [0.29, 0.717) is 43.3 Å². The second kappa shape index (κ2) is 8.74. The number of ether oxygens (including phenoxy) is 1. The van der Waals surface area contributed by atoms with Gasteiger partial charge in [0.25, 0.3) is 5.91 Å². The number of hydrogen-bond donors (Lipinski definition) is 1. The van der Waals surface area contributed by atoms with E-state index in [9.17, 15) is 18.0 Å². The second-order valence-corrected chi connectivity index (χ2v) is 10.1. The van der Waals surface area contributed by atoms with Crippen molar-refractivity contribution >= 4 is 22.0 Å². The molecule has 0 bridgehead atoms. The number of hydrogen-bond acceptors (Lipinski definition) is 7. The van der Waals surface area contributed by atoms with Crippen LogP contribution in [0.1, 0.15) is 48.2 Å². The van der Waals surface area contributed by atoms with Gasteiger partial charge in [0.1, 0.15) is 17.1 Å². The number of amides is 2. The largest absolute Gasteiger partial charge is 0.466 e. The SMILES string of the molecule is Cc1oc(C)c(C(=O)NS(=O)(=O)CCN2CCN(C(=O)OC(C)(C)C)CC2)c1C. The van der Waals surface area contributed by atoms with E-state index in [1.807, 2.05) is 25.7 Å². The summed E-state index contributed by atoms with van der Waals surface area (Å²) >= 11 is 0. The van der Waals surface area contributed by atoms with Crippen molar-refractivity contribution in [1.82, 2.24) is 14.5 Å². The first-order valence-corrected chi connectivity index (χ1v) is 11.3. The number of aryl methyl sites for hydroxylation is 2.